The highest BCUT2D eigenvalue weighted by Gasteiger charge is 2.27. The summed E-state index contributed by atoms with van der Waals surface area (Å²) in [6.07, 6.45) is 0. The van der Waals surface area contributed by atoms with Gasteiger partial charge in [0.25, 0.3) is 5.91 Å². The number of amides is 2. The zero-order valence-electron chi connectivity index (χ0n) is 18.0. The third-order valence-corrected chi connectivity index (χ3v) is 5.18. The second-order valence-corrected chi connectivity index (χ2v) is 8.19. The molecule has 0 saturated heterocycles. The molecule has 0 heterocycles. The van der Waals surface area contributed by atoms with E-state index in [4.69, 9.17) is 16.3 Å². The molecule has 0 aromatic heterocycles. The minimum atomic E-state index is -0.662. The number of benzene rings is 3. The van der Waals surface area contributed by atoms with E-state index in [-0.39, 0.29) is 31.0 Å². The Hall–Kier alpha value is -3.05. The van der Waals surface area contributed by atoms with Gasteiger partial charge in [-0.2, -0.15) is 0 Å². The largest absolute Gasteiger partial charge is 0.483 e. The molecule has 31 heavy (non-hydrogen) atoms. The summed E-state index contributed by atoms with van der Waals surface area (Å²) in [5.41, 5.74) is 0.843. The van der Waals surface area contributed by atoms with Gasteiger partial charge in [-0.1, -0.05) is 60.1 Å². The van der Waals surface area contributed by atoms with E-state index in [1.165, 1.54) is 4.90 Å². The maximum Gasteiger partial charge on any atom is 0.261 e. The molecule has 0 aliphatic rings. The molecule has 3 aromatic carbocycles. The van der Waals surface area contributed by atoms with E-state index in [0.717, 1.165) is 16.3 Å². The molecule has 1 atom stereocenters. The smallest absolute Gasteiger partial charge is 0.261 e. The van der Waals surface area contributed by atoms with Crippen molar-refractivity contribution in [1.82, 2.24) is 10.2 Å². The lowest BCUT2D eigenvalue weighted by atomic mass is 10.1. The van der Waals surface area contributed by atoms with Gasteiger partial charge in [-0.05, 0) is 49.9 Å². The zero-order valence-corrected chi connectivity index (χ0v) is 18.7. The molecule has 162 valence electrons. The number of nitrogens with one attached hydrogen (secondary N) is 1. The molecular formula is C25H27ClN2O3. The summed E-state index contributed by atoms with van der Waals surface area (Å²) in [6.45, 7) is 5.58. The van der Waals surface area contributed by atoms with Crippen LogP contribution in [-0.4, -0.2) is 35.4 Å². The number of nitrogens with zero attached hydrogens (tertiary/aromatic N) is 1. The van der Waals surface area contributed by atoms with Gasteiger partial charge in [-0.15, -0.1) is 0 Å². The van der Waals surface area contributed by atoms with Gasteiger partial charge < -0.3 is 15.0 Å². The van der Waals surface area contributed by atoms with Crippen LogP contribution in [-0.2, 0) is 16.1 Å². The van der Waals surface area contributed by atoms with Gasteiger partial charge in [0.05, 0.1) is 0 Å². The maximum atomic E-state index is 13.2. The van der Waals surface area contributed by atoms with E-state index < -0.39 is 6.04 Å². The van der Waals surface area contributed by atoms with E-state index in [9.17, 15) is 9.59 Å². The fourth-order valence-corrected chi connectivity index (χ4v) is 3.58. The van der Waals surface area contributed by atoms with E-state index in [1.54, 1.807) is 19.1 Å². The average molecular weight is 439 g/mol. The molecule has 0 spiro atoms. The number of hydrogen-bond donors (Lipinski definition) is 1. The van der Waals surface area contributed by atoms with Gasteiger partial charge in [0, 0.05) is 23.0 Å². The van der Waals surface area contributed by atoms with E-state index in [1.807, 2.05) is 68.4 Å². The number of carbonyl (C=O) groups is 2. The van der Waals surface area contributed by atoms with Crippen LogP contribution in [0.3, 0.4) is 0 Å². The van der Waals surface area contributed by atoms with Crippen LogP contribution >= 0.6 is 11.6 Å². The fourth-order valence-electron chi connectivity index (χ4n) is 3.36. The molecule has 0 aliphatic carbocycles. The fraction of sp³-hybridized carbons (Fsp3) is 0.280. The molecular weight excluding hydrogens is 412 g/mol. The van der Waals surface area contributed by atoms with Crippen LogP contribution in [0.25, 0.3) is 10.8 Å². The van der Waals surface area contributed by atoms with Crippen molar-refractivity contribution in [2.45, 2.75) is 39.4 Å². The highest BCUT2D eigenvalue weighted by Crippen LogP contribution is 2.25. The first-order chi connectivity index (χ1) is 14.8. The first-order valence-corrected chi connectivity index (χ1v) is 10.7. The van der Waals surface area contributed by atoms with Gasteiger partial charge in [0.1, 0.15) is 11.8 Å². The lowest BCUT2D eigenvalue weighted by molar-refractivity contribution is -0.142. The Morgan fingerprint density at radius 3 is 2.45 bits per heavy atom. The van der Waals surface area contributed by atoms with Crippen LogP contribution in [0.15, 0.2) is 66.7 Å². The third kappa shape index (κ3) is 5.98. The molecule has 0 saturated carbocycles. The SMILES string of the molecule is CC(C)NC(=O)[C@H](C)N(Cc1cccc(Cl)c1)C(=O)COc1cccc2ccccc12. The Morgan fingerprint density at radius 2 is 1.71 bits per heavy atom. The molecule has 0 fully saturated rings. The molecule has 5 nitrogen and oxygen atoms in total. The van der Waals surface area contributed by atoms with Crippen LogP contribution < -0.4 is 10.1 Å². The Balaban J connectivity index is 1.79. The van der Waals surface area contributed by atoms with Gasteiger partial charge in [-0.25, -0.2) is 0 Å². The van der Waals surface area contributed by atoms with Crippen LogP contribution in [0.5, 0.6) is 5.75 Å². The predicted octanol–water partition coefficient (Wildman–Crippen LogP) is 4.81. The highest BCUT2D eigenvalue weighted by molar-refractivity contribution is 6.30. The molecule has 2 amide bonds. The quantitative estimate of drug-likeness (QED) is 0.548. The van der Waals surface area contributed by atoms with Gasteiger partial charge in [0.2, 0.25) is 5.91 Å². The van der Waals surface area contributed by atoms with Crippen molar-refractivity contribution in [1.29, 1.82) is 0 Å². The Bertz CT molecular complexity index is 1060. The van der Waals surface area contributed by atoms with Crippen LogP contribution in [0.2, 0.25) is 5.02 Å². The topological polar surface area (TPSA) is 58.6 Å². The molecule has 0 radical (unpaired) electrons. The molecule has 3 rings (SSSR count). The molecule has 0 unspecified atom stereocenters. The number of fused-ring (bicyclic) bond motifs is 1. The second-order valence-electron chi connectivity index (χ2n) is 7.76. The maximum absolute atomic E-state index is 13.2. The lowest BCUT2D eigenvalue weighted by Crippen LogP contribution is -2.50. The summed E-state index contributed by atoms with van der Waals surface area (Å²) < 4.78 is 5.89. The van der Waals surface area contributed by atoms with E-state index in [2.05, 4.69) is 5.32 Å². The van der Waals surface area contributed by atoms with Crippen molar-refractivity contribution in [2.24, 2.45) is 0 Å². The van der Waals surface area contributed by atoms with Gasteiger partial charge in [-0.3, -0.25) is 9.59 Å². The summed E-state index contributed by atoms with van der Waals surface area (Å²) in [5.74, 6) is 0.142. The first-order valence-electron chi connectivity index (χ1n) is 10.3. The van der Waals surface area contributed by atoms with E-state index >= 15 is 0 Å². The normalized spacial score (nSPS) is 11.9. The Labute approximate surface area is 188 Å². The van der Waals surface area contributed by atoms with Crippen molar-refractivity contribution in [3.8, 4) is 5.75 Å². The Kier molecular flexibility index (Phi) is 7.53. The monoisotopic (exact) mass is 438 g/mol. The number of carbonyl (C=O) groups excluding carboxylic acids is 2. The van der Waals surface area contributed by atoms with Gasteiger partial charge >= 0.3 is 0 Å². The minimum absolute atomic E-state index is 0.0231. The van der Waals surface area contributed by atoms with Crippen LogP contribution in [0, 0.1) is 0 Å². The predicted molar refractivity (Wildman–Crippen MR) is 124 cm³/mol. The number of hydrogen-bond acceptors (Lipinski definition) is 3. The van der Waals surface area contributed by atoms with Crippen molar-refractivity contribution < 1.29 is 14.3 Å². The first kappa shape index (κ1) is 22.6. The third-order valence-electron chi connectivity index (χ3n) is 4.94. The molecule has 0 aliphatic heterocycles. The average Bonchev–Trinajstić information content (AvgIpc) is 2.75. The number of ether oxygens (including phenoxy) is 1. The van der Waals surface area contributed by atoms with Crippen LogP contribution in [0.4, 0.5) is 0 Å². The van der Waals surface area contributed by atoms with Crippen molar-refractivity contribution >= 4 is 34.2 Å². The summed E-state index contributed by atoms with van der Waals surface area (Å²) in [6, 6.07) is 20.2. The van der Waals surface area contributed by atoms with Crippen molar-refractivity contribution in [3.05, 3.63) is 77.3 Å². The molecule has 1 N–H and O–H groups in total. The second kappa shape index (κ2) is 10.3. The molecule has 0 bridgehead atoms. The van der Waals surface area contributed by atoms with E-state index in [0.29, 0.717) is 10.8 Å². The lowest BCUT2D eigenvalue weighted by Gasteiger charge is -2.29. The Morgan fingerprint density at radius 1 is 1.00 bits per heavy atom. The summed E-state index contributed by atoms with van der Waals surface area (Å²) in [7, 11) is 0. The number of halogens is 1. The molecule has 3 aromatic rings. The van der Waals surface area contributed by atoms with Crippen LogP contribution in [0.1, 0.15) is 26.3 Å². The standard InChI is InChI=1S/C25H27ClN2O3/c1-17(2)27-25(30)18(3)28(15-19-8-6-11-21(26)14-19)24(29)16-31-23-13-7-10-20-9-4-5-12-22(20)23/h4-14,17-18H,15-16H2,1-3H3,(H,27,30)/t18-/m0/s1. The summed E-state index contributed by atoms with van der Waals surface area (Å²) >= 11 is 6.11. The van der Waals surface area contributed by atoms with Crippen molar-refractivity contribution in [2.75, 3.05) is 6.61 Å². The van der Waals surface area contributed by atoms with Gasteiger partial charge in [0.15, 0.2) is 6.61 Å². The summed E-state index contributed by atoms with van der Waals surface area (Å²) in [4.78, 5) is 27.3. The summed E-state index contributed by atoms with van der Waals surface area (Å²) in [5, 5.41) is 5.42. The zero-order chi connectivity index (χ0) is 22.4. The highest BCUT2D eigenvalue weighted by atomic mass is 35.5. The molecule has 6 heteroatoms. The number of rotatable bonds is 8. The minimum Gasteiger partial charge on any atom is -0.483 e. The van der Waals surface area contributed by atoms with Crippen molar-refractivity contribution in [3.63, 3.8) is 0 Å².